The second kappa shape index (κ2) is 16.0. The van der Waals surface area contributed by atoms with Crippen molar-refractivity contribution in [2.75, 3.05) is 6.61 Å². The molecular formula is C34H58F2O. The Bertz CT molecular complexity index is 626. The van der Waals surface area contributed by atoms with Crippen LogP contribution < -0.4 is 0 Å². The highest BCUT2D eigenvalue weighted by atomic mass is 19.3. The van der Waals surface area contributed by atoms with Crippen LogP contribution in [0.15, 0.2) is 12.2 Å². The molecule has 1 saturated heterocycles. The fourth-order valence-corrected chi connectivity index (χ4v) is 8.87. The normalized spacial score (nSPS) is 37.3. The number of halogens is 2. The minimum Gasteiger partial charge on any atom is -0.378 e. The Kier molecular flexibility index (Phi) is 12.8. The molecule has 3 saturated carbocycles. The predicted molar refractivity (Wildman–Crippen MR) is 152 cm³/mol. The third-order valence-electron chi connectivity index (χ3n) is 11.3. The van der Waals surface area contributed by atoms with Gasteiger partial charge < -0.3 is 4.74 Å². The van der Waals surface area contributed by atoms with Gasteiger partial charge in [-0.3, -0.25) is 0 Å². The highest BCUT2D eigenvalue weighted by Gasteiger charge is 2.35. The summed E-state index contributed by atoms with van der Waals surface area (Å²) in [5.41, 5.74) is 0. The summed E-state index contributed by atoms with van der Waals surface area (Å²) < 4.78 is 30.8. The van der Waals surface area contributed by atoms with Crippen LogP contribution in [0.2, 0.25) is 0 Å². The molecule has 4 aliphatic rings. The lowest BCUT2D eigenvalue weighted by molar-refractivity contribution is -0.0618. The summed E-state index contributed by atoms with van der Waals surface area (Å²) in [5, 5.41) is 0. The second-order valence-electron chi connectivity index (χ2n) is 13.8. The molecule has 0 bridgehead atoms. The highest BCUT2D eigenvalue weighted by Crippen LogP contribution is 2.44. The van der Waals surface area contributed by atoms with Crippen molar-refractivity contribution >= 4 is 0 Å². The third kappa shape index (κ3) is 9.91. The van der Waals surface area contributed by atoms with Crippen LogP contribution in [0.5, 0.6) is 0 Å². The second-order valence-corrected chi connectivity index (χ2v) is 13.8. The molecule has 0 amide bonds. The number of hydrogen-bond acceptors (Lipinski definition) is 1. The summed E-state index contributed by atoms with van der Waals surface area (Å²) in [7, 11) is 0. The molecule has 4 fully saturated rings. The first kappa shape index (κ1) is 29.5. The van der Waals surface area contributed by atoms with Gasteiger partial charge in [-0.25, -0.2) is 0 Å². The van der Waals surface area contributed by atoms with E-state index in [2.05, 4.69) is 6.92 Å². The van der Waals surface area contributed by atoms with Crippen molar-refractivity contribution in [3.8, 4) is 0 Å². The van der Waals surface area contributed by atoms with Gasteiger partial charge in [0.25, 0.3) is 6.08 Å². The van der Waals surface area contributed by atoms with Crippen molar-refractivity contribution in [1.29, 1.82) is 0 Å². The van der Waals surface area contributed by atoms with Crippen LogP contribution in [0.4, 0.5) is 8.78 Å². The zero-order valence-electron chi connectivity index (χ0n) is 24.1. The molecule has 0 radical (unpaired) electrons. The van der Waals surface area contributed by atoms with Gasteiger partial charge in [0.1, 0.15) is 0 Å². The van der Waals surface area contributed by atoms with E-state index in [0.717, 1.165) is 54.6 Å². The van der Waals surface area contributed by atoms with E-state index in [1.54, 1.807) is 0 Å². The van der Waals surface area contributed by atoms with E-state index in [0.29, 0.717) is 18.4 Å². The van der Waals surface area contributed by atoms with E-state index in [9.17, 15) is 8.78 Å². The number of hydrogen-bond donors (Lipinski definition) is 0. The van der Waals surface area contributed by atoms with Crippen LogP contribution in [-0.2, 0) is 4.74 Å². The van der Waals surface area contributed by atoms with E-state index < -0.39 is 6.08 Å². The maximum absolute atomic E-state index is 12.2. The van der Waals surface area contributed by atoms with E-state index >= 15 is 0 Å². The van der Waals surface area contributed by atoms with Crippen LogP contribution >= 0.6 is 0 Å². The predicted octanol–water partition coefficient (Wildman–Crippen LogP) is 11.1. The lowest BCUT2D eigenvalue weighted by Gasteiger charge is -2.41. The van der Waals surface area contributed by atoms with E-state index in [4.69, 9.17) is 4.74 Å². The first-order chi connectivity index (χ1) is 18.1. The molecule has 1 heterocycles. The largest absolute Gasteiger partial charge is 0.378 e. The van der Waals surface area contributed by atoms with Gasteiger partial charge in [0.05, 0.1) is 6.10 Å². The number of rotatable bonds is 12. The van der Waals surface area contributed by atoms with Crippen molar-refractivity contribution in [3.63, 3.8) is 0 Å². The topological polar surface area (TPSA) is 9.23 Å². The molecule has 37 heavy (non-hydrogen) atoms. The van der Waals surface area contributed by atoms with Crippen molar-refractivity contribution in [1.82, 2.24) is 0 Å². The Morgan fingerprint density at radius 3 is 1.59 bits per heavy atom. The maximum Gasteiger partial charge on any atom is 0.266 e. The van der Waals surface area contributed by atoms with Crippen molar-refractivity contribution in [2.45, 2.75) is 154 Å². The third-order valence-corrected chi connectivity index (χ3v) is 11.3. The van der Waals surface area contributed by atoms with Crippen LogP contribution in [-0.4, -0.2) is 12.7 Å². The first-order valence-corrected chi connectivity index (χ1v) is 16.7. The van der Waals surface area contributed by atoms with Crippen molar-refractivity contribution in [2.24, 2.45) is 41.4 Å². The fraction of sp³-hybridized carbons (Fsp3) is 0.941. The zero-order chi connectivity index (χ0) is 25.9. The van der Waals surface area contributed by atoms with Gasteiger partial charge in [0.2, 0.25) is 0 Å². The average molecular weight is 521 g/mol. The minimum absolute atomic E-state index is 0.566. The monoisotopic (exact) mass is 520 g/mol. The van der Waals surface area contributed by atoms with Crippen LogP contribution in [0.25, 0.3) is 0 Å². The molecule has 0 aromatic heterocycles. The molecule has 0 N–H and O–H groups in total. The van der Waals surface area contributed by atoms with E-state index in [1.807, 2.05) is 0 Å². The molecule has 1 nitrogen and oxygen atoms in total. The summed E-state index contributed by atoms with van der Waals surface area (Å²) in [4.78, 5) is 0. The van der Waals surface area contributed by atoms with Crippen LogP contribution in [0, 0.1) is 41.4 Å². The molecule has 0 spiro atoms. The van der Waals surface area contributed by atoms with Crippen molar-refractivity contribution < 1.29 is 13.5 Å². The maximum atomic E-state index is 12.2. The quantitative estimate of drug-likeness (QED) is 0.232. The number of allylic oxidation sites excluding steroid dienone is 1. The van der Waals surface area contributed by atoms with Gasteiger partial charge in [-0.05, 0) is 118 Å². The smallest absolute Gasteiger partial charge is 0.266 e. The molecule has 0 aromatic carbocycles. The Morgan fingerprint density at radius 1 is 0.595 bits per heavy atom. The summed E-state index contributed by atoms with van der Waals surface area (Å²) in [6, 6.07) is 0. The SMILES string of the molecule is CCCC1CCC(C2CCC(C3CCC(CCCCC4CCC(CCC=C(F)F)CC4)CC3)CC2)OC1. The molecule has 2 unspecified atom stereocenters. The van der Waals surface area contributed by atoms with Gasteiger partial charge >= 0.3 is 0 Å². The minimum atomic E-state index is -1.50. The van der Waals surface area contributed by atoms with Crippen LogP contribution in [0.3, 0.4) is 0 Å². The van der Waals surface area contributed by atoms with Gasteiger partial charge in [-0.2, -0.15) is 8.78 Å². The average Bonchev–Trinajstić information content (AvgIpc) is 2.93. The highest BCUT2D eigenvalue weighted by molar-refractivity contribution is 4.86. The molecule has 4 rings (SSSR count). The summed E-state index contributed by atoms with van der Waals surface area (Å²) >= 11 is 0. The Morgan fingerprint density at radius 2 is 1.08 bits per heavy atom. The summed E-state index contributed by atoms with van der Waals surface area (Å²) in [5.74, 6) is 6.32. The molecule has 3 heteroatoms. The van der Waals surface area contributed by atoms with Gasteiger partial charge in [-0.15, -0.1) is 0 Å². The van der Waals surface area contributed by atoms with Gasteiger partial charge in [-0.1, -0.05) is 77.6 Å². The summed E-state index contributed by atoms with van der Waals surface area (Å²) in [6.45, 7) is 3.34. The lowest BCUT2D eigenvalue weighted by atomic mass is 9.67. The standard InChI is InChI=1S/C34H58F2O/c1-2-6-29-17-24-33(37-25-29)32-22-20-31(21-23-32)30-18-15-27(16-19-30)8-4-3-7-26-11-13-28(14-12-26)9-5-10-34(35)36/h10,26-33H,2-9,11-25H2,1H3. The van der Waals surface area contributed by atoms with E-state index in [-0.39, 0.29) is 0 Å². The first-order valence-electron chi connectivity index (χ1n) is 16.7. The van der Waals surface area contributed by atoms with Crippen LogP contribution in [0.1, 0.15) is 148 Å². The lowest BCUT2D eigenvalue weighted by Crippen LogP contribution is -2.35. The molecule has 0 aromatic rings. The Balaban J connectivity index is 1.01. The molecule has 2 atom stereocenters. The Hall–Kier alpha value is -0.440. The number of ether oxygens (including phenoxy) is 1. The molecule has 3 aliphatic carbocycles. The Labute approximate surface area is 228 Å². The van der Waals surface area contributed by atoms with Gasteiger partial charge in [0, 0.05) is 6.61 Å². The van der Waals surface area contributed by atoms with Gasteiger partial charge in [0.15, 0.2) is 0 Å². The molecule has 214 valence electrons. The molecular weight excluding hydrogens is 462 g/mol. The van der Waals surface area contributed by atoms with E-state index in [1.165, 1.54) is 128 Å². The summed E-state index contributed by atoms with van der Waals surface area (Å²) in [6.07, 6.45) is 29.9. The molecule has 1 aliphatic heterocycles. The fourth-order valence-electron chi connectivity index (χ4n) is 8.87. The zero-order valence-corrected chi connectivity index (χ0v) is 24.1. The van der Waals surface area contributed by atoms with Crippen molar-refractivity contribution in [3.05, 3.63) is 12.2 Å². The number of unbranched alkanes of at least 4 members (excludes halogenated alkanes) is 1.